The second-order valence-electron chi connectivity index (χ2n) is 5.13. The van der Waals surface area contributed by atoms with E-state index in [1.165, 1.54) is 0 Å². The molecule has 0 spiro atoms. The molecule has 0 saturated heterocycles. The first-order valence-corrected chi connectivity index (χ1v) is 7.73. The zero-order chi connectivity index (χ0) is 13.2. The Morgan fingerprint density at radius 3 is 2.56 bits per heavy atom. The minimum atomic E-state index is -3.39. The van der Waals surface area contributed by atoms with Crippen LogP contribution in [0.4, 0.5) is 0 Å². The van der Waals surface area contributed by atoms with Gasteiger partial charge in [0.1, 0.15) is 0 Å². The van der Waals surface area contributed by atoms with Gasteiger partial charge in [-0.3, -0.25) is 0 Å². The molecule has 0 unspecified atom stereocenters. The van der Waals surface area contributed by atoms with E-state index < -0.39 is 10.0 Å². The Labute approximate surface area is 109 Å². The van der Waals surface area contributed by atoms with Gasteiger partial charge in [0, 0.05) is 6.54 Å². The topological polar surface area (TPSA) is 72.2 Å². The fraction of sp³-hybridized carbons (Fsp3) is 0.538. The van der Waals surface area contributed by atoms with Crippen LogP contribution >= 0.6 is 0 Å². The lowest BCUT2D eigenvalue weighted by atomic mass is 10.0. The van der Waals surface area contributed by atoms with Crippen LogP contribution in [0.1, 0.15) is 24.8 Å². The smallest absolute Gasteiger partial charge is 0.240 e. The van der Waals surface area contributed by atoms with Crippen molar-refractivity contribution in [1.82, 2.24) is 4.72 Å². The molecular formula is C13H20N2O2S. The van der Waals surface area contributed by atoms with Gasteiger partial charge in [-0.15, -0.1) is 0 Å². The van der Waals surface area contributed by atoms with E-state index >= 15 is 0 Å². The van der Waals surface area contributed by atoms with Crippen molar-refractivity contribution in [3.63, 3.8) is 0 Å². The zero-order valence-corrected chi connectivity index (χ0v) is 11.5. The third kappa shape index (κ3) is 2.91. The van der Waals surface area contributed by atoms with Crippen molar-refractivity contribution in [1.29, 1.82) is 0 Å². The normalized spacial score (nSPS) is 17.7. The van der Waals surface area contributed by atoms with Crippen LogP contribution in [0, 0.1) is 12.3 Å². The van der Waals surface area contributed by atoms with Gasteiger partial charge in [0.05, 0.1) is 4.90 Å². The first-order chi connectivity index (χ1) is 8.49. The fourth-order valence-electron chi connectivity index (χ4n) is 2.18. The summed E-state index contributed by atoms with van der Waals surface area (Å²) in [4.78, 5) is 0.369. The van der Waals surface area contributed by atoms with E-state index in [0.29, 0.717) is 18.0 Å². The summed E-state index contributed by atoms with van der Waals surface area (Å²) in [6.45, 7) is 2.92. The van der Waals surface area contributed by atoms with E-state index in [2.05, 4.69) is 4.72 Å². The molecule has 2 rings (SSSR count). The molecule has 1 aromatic rings. The molecule has 100 valence electrons. The molecule has 0 radical (unpaired) electrons. The maximum Gasteiger partial charge on any atom is 0.240 e. The zero-order valence-electron chi connectivity index (χ0n) is 10.6. The van der Waals surface area contributed by atoms with Gasteiger partial charge in [-0.05, 0) is 49.8 Å². The summed E-state index contributed by atoms with van der Waals surface area (Å²) < 4.78 is 27.1. The van der Waals surface area contributed by atoms with Crippen LogP contribution in [0.3, 0.4) is 0 Å². The fourth-order valence-corrected chi connectivity index (χ4v) is 3.58. The molecule has 4 nitrogen and oxygen atoms in total. The number of aryl methyl sites for hydroxylation is 1. The standard InChI is InChI=1S/C13H20N2O2S/c1-11-4-2-3-5-12(11)18(16,17)15-10-13(6-7-13)8-9-14/h2-5,15H,6-10,14H2,1H3. The second-order valence-corrected chi connectivity index (χ2v) is 6.86. The summed E-state index contributed by atoms with van der Waals surface area (Å²) in [5.74, 6) is 0. The monoisotopic (exact) mass is 268 g/mol. The lowest BCUT2D eigenvalue weighted by molar-refractivity contribution is 0.461. The molecule has 1 aliphatic rings. The molecule has 1 fully saturated rings. The minimum Gasteiger partial charge on any atom is -0.330 e. The number of rotatable bonds is 6. The van der Waals surface area contributed by atoms with E-state index in [0.717, 1.165) is 24.8 Å². The number of hydrogen-bond donors (Lipinski definition) is 2. The highest BCUT2D eigenvalue weighted by molar-refractivity contribution is 7.89. The van der Waals surface area contributed by atoms with Crippen molar-refractivity contribution in [2.24, 2.45) is 11.1 Å². The van der Waals surface area contributed by atoms with Crippen molar-refractivity contribution in [2.75, 3.05) is 13.1 Å². The van der Waals surface area contributed by atoms with Crippen molar-refractivity contribution in [3.05, 3.63) is 29.8 Å². The van der Waals surface area contributed by atoms with Crippen LogP contribution in [0.15, 0.2) is 29.2 Å². The van der Waals surface area contributed by atoms with Gasteiger partial charge in [0.25, 0.3) is 0 Å². The molecule has 0 atom stereocenters. The Balaban J connectivity index is 2.07. The van der Waals surface area contributed by atoms with Crippen LogP contribution in [-0.4, -0.2) is 21.5 Å². The highest BCUT2D eigenvalue weighted by atomic mass is 32.2. The molecule has 18 heavy (non-hydrogen) atoms. The number of benzene rings is 1. The SMILES string of the molecule is Cc1ccccc1S(=O)(=O)NCC1(CCN)CC1. The first kappa shape index (κ1) is 13.5. The molecule has 0 aromatic heterocycles. The lowest BCUT2D eigenvalue weighted by Crippen LogP contribution is -2.31. The molecule has 5 heteroatoms. The van der Waals surface area contributed by atoms with E-state index in [4.69, 9.17) is 5.73 Å². The average molecular weight is 268 g/mol. The van der Waals surface area contributed by atoms with Gasteiger partial charge in [-0.1, -0.05) is 18.2 Å². The Morgan fingerprint density at radius 2 is 2.00 bits per heavy atom. The van der Waals surface area contributed by atoms with Crippen LogP contribution in [0.2, 0.25) is 0 Å². The highest BCUT2D eigenvalue weighted by Gasteiger charge is 2.42. The molecule has 1 aliphatic carbocycles. The van der Waals surface area contributed by atoms with Gasteiger partial charge in [0.15, 0.2) is 0 Å². The third-order valence-corrected chi connectivity index (χ3v) is 5.21. The summed E-state index contributed by atoms with van der Waals surface area (Å²) >= 11 is 0. The highest BCUT2D eigenvalue weighted by Crippen LogP contribution is 2.47. The van der Waals surface area contributed by atoms with Crippen molar-refractivity contribution >= 4 is 10.0 Å². The van der Waals surface area contributed by atoms with Crippen molar-refractivity contribution < 1.29 is 8.42 Å². The van der Waals surface area contributed by atoms with Gasteiger partial charge in [-0.25, -0.2) is 13.1 Å². The second kappa shape index (κ2) is 4.99. The summed E-state index contributed by atoms with van der Waals surface area (Å²) in [5, 5.41) is 0. The largest absolute Gasteiger partial charge is 0.330 e. The van der Waals surface area contributed by atoms with Crippen molar-refractivity contribution in [3.8, 4) is 0 Å². The summed E-state index contributed by atoms with van der Waals surface area (Å²) in [6, 6.07) is 7.03. The van der Waals surface area contributed by atoms with Gasteiger partial charge < -0.3 is 5.73 Å². The number of sulfonamides is 1. The minimum absolute atomic E-state index is 0.116. The Kier molecular flexibility index (Phi) is 3.75. The molecule has 0 bridgehead atoms. The molecule has 0 amide bonds. The quantitative estimate of drug-likeness (QED) is 0.819. The van der Waals surface area contributed by atoms with E-state index in [1.54, 1.807) is 25.1 Å². The summed E-state index contributed by atoms with van der Waals surface area (Å²) in [6.07, 6.45) is 3.03. The van der Waals surface area contributed by atoms with Crippen LogP contribution < -0.4 is 10.5 Å². The number of nitrogens with two attached hydrogens (primary N) is 1. The maximum atomic E-state index is 12.2. The van der Waals surface area contributed by atoms with E-state index in [-0.39, 0.29) is 5.41 Å². The molecule has 1 aromatic carbocycles. The molecule has 0 aliphatic heterocycles. The Hall–Kier alpha value is -0.910. The van der Waals surface area contributed by atoms with E-state index in [9.17, 15) is 8.42 Å². The first-order valence-electron chi connectivity index (χ1n) is 6.24. The predicted molar refractivity (Wildman–Crippen MR) is 71.7 cm³/mol. The van der Waals surface area contributed by atoms with Gasteiger partial charge in [0.2, 0.25) is 10.0 Å². The molecule has 1 saturated carbocycles. The van der Waals surface area contributed by atoms with Gasteiger partial charge >= 0.3 is 0 Å². The number of nitrogens with one attached hydrogen (secondary N) is 1. The van der Waals surface area contributed by atoms with Crippen LogP contribution in [0.25, 0.3) is 0 Å². The third-order valence-electron chi connectivity index (χ3n) is 3.65. The van der Waals surface area contributed by atoms with Crippen LogP contribution in [0.5, 0.6) is 0 Å². The summed E-state index contributed by atoms with van der Waals surface area (Å²) in [7, 11) is -3.39. The molecule has 3 N–H and O–H groups in total. The maximum absolute atomic E-state index is 12.2. The predicted octanol–water partition coefficient (Wildman–Crippen LogP) is 1.40. The van der Waals surface area contributed by atoms with E-state index in [1.807, 2.05) is 6.07 Å². The Bertz CT molecular complexity index is 522. The number of hydrogen-bond acceptors (Lipinski definition) is 3. The average Bonchev–Trinajstić information content (AvgIpc) is 3.08. The van der Waals surface area contributed by atoms with Crippen LogP contribution in [-0.2, 0) is 10.0 Å². The summed E-state index contributed by atoms with van der Waals surface area (Å²) in [5.41, 5.74) is 6.44. The molecule has 0 heterocycles. The molecular weight excluding hydrogens is 248 g/mol. The Morgan fingerprint density at radius 1 is 1.33 bits per heavy atom. The van der Waals surface area contributed by atoms with Gasteiger partial charge in [-0.2, -0.15) is 0 Å². The van der Waals surface area contributed by atoms with Crippen molar-refractivity contribution in [2.45, 2.75) is 31.1 Å². The lowest BCUT2D eigenvalue weighted by Gasteiger charge is -2.15.